The van der Waals surface area contributed by atoms with Gasteiger partial charge in [-0.1, -0.05) is 30.3 Å². The number of carbonyl (C=O) groups is 1. The highest BCUT2D eigenvalue weighted by Gasteiger charge is 2.27. The first kappa shape index (κ1) is 17.8. The molecule has 146 valence electrons. The van der Waals surface area contributed by atoms with Crippen molar-refractivity contribution in [2.75, 3.05) is 11.9 Å². The van der Waals surface area contributed by atoms with E-state index in [4.69, 9.17) is 9.97 Å². The van der Waals surface area contributed by atoms with Crippen LogP contribution in [0.4, 0.5) is 5.82 Å². The van der Waals surface area contributed by atoms with Gasteiger partial charge in [-0.2, -0.15) is 0 Å². The molecule has 1 aliphatic heterocycles. The van der Waals surface area contributed by atoms with Gasteiger partial charge in [0.05, 0.1) is 18.3 Å². The van der Waals surface area contributed by atoms with E-state index in [-0.39, 0.29) is 11.9 Å². The van der Waals surface area contributed by atoms with E-state index in [1.165, 1.54) is 11.1 Å². The Bertz CT molecular complexity index is 1070. The quantitative estimate of drug-likeness (QED) is 0.747. The van der Waals surface area contributed by atoms with Crippen molar-refractivity contribution in [3.63, 3.8) is 0 Å². The molecule has 1 aliphatic carbocycles. The number of nitrogens with one attached hydrogen (secondary N) is 1. The van der Waals surface area contributed by atoms with E-state index in [9.17, 15) is 4.79 Å². The predicted molar refractivity (Wildman–Crippen MR) is 111 cm³/mol. The summed E-state index contributed by atoms with van der Waals surface area (Å²) < 4.78 is 0. The highest BCUT2D eigenvalue weighted by Crippen LogP contribution is 2.35. The van der Waals surface area contributed by atoms with Crippen LogP contribution in [0.2, 0.25) is 0 Å². The van der Waals surface area contributed by atoms with Gasteiger partial charge in [-0.15, -0.1) is 0 Å². The van der Waals surface area contributed by atoms with Gasteiger partial charge in [0.25, 0.3) is 0 Å². The third-order valence-corrected chi connectivity index (χ3v) is 5.85. The summed E-state index contributed by atoms with van der Waals surface area (Å²) in [6.45, 7) is 2.83. The summed E-state index contributed by atoms with van der Waals surface area (Å²) in [4.78, 5) is 27.8. The molecular formula is C23H23N5O. The molecule has 3 aromatic rings. The number of rotatable bonds is 3. The lowest BCUT2D eigenvalue weighted by Crippen LogP contribution is -2.35. The molecule has 2 aliphatic rings. The monoisotopic (exact) mass is 385 g/mol. The van der Waals surface area contributed by atoms with Crippen molar-refractivity contribution in [2.45, 2.75) is 38.8 Å². The Hall–Kier alpha value is -3.28. The summed E-state index contributed by atoms with van der Waals surface area (Å²) >= 11 is 0. The van der Waals surface area contributed by atoms with Crippen LogP contribution in [0.5, 0.6) is 0 Å². The first-order valence-electron chi connectivity index (χ1n) is 10.1. The fourth-order valence-corrected chi connectivity index (χ4v) is 4.30. The largest absolute Gasteiger partial charge is 0.363 e. The van der Waals surface area contributed by atoms with Crippen LogP contribution in [0.1, 0.15) is 41.8 Å². The molecule has 6 heteroatoms. The van der Waals surface area contributed by atoms with Crippen molar-refractivity contribution in [1.82, 2.24) is 19.9 Å². The minimum absolute atomic E-state index is 0.0767. The zero-order valence-corrected chi connectivity index (χ0v) is 16.4. The van der Waals surface area contributed by atoms with Crippen LogP contribution in [0.3, 0.4) is 0 Å². The Morgan fingerprint density at radius 2 is 1.97 bits per heavy atom. The van der Waals surface area contributed by atoms with E-state index in [1.54, 1.807) is 13.1 Å². The Labute approximate surface area is 170 Å². The zero-order valence-electron chi connectivity index (χ0n) is 16.4. The molecule has 1 aromatic carbocycles. The van der Waals surface area contributed by atoms with Crippen LogP contribution in [-0.4, -0.2) is 32.3 Å². The molecule has 0 saturated heterocycles. The first-order chi connectivity index (χ1) is 14.2. The minimum Gasteiger partial charge on any atom is -0.363 e. The number of carbonyl (C=O) groups excluding carboxylic acids is 1. The highest BCUT2D eigenvalue weighted by atomic mass is 16.2. The lowest BCUT2D eigenvalue weighted by molar-refractivity contribution is -0.129. The van der Waals surface area contributed by atoms with Gasteiger partial charge in [0.2, 0.25) is 5.91 Å². The fraction of sp³-hybridized carbons (Fsp3) is 0.304. The molecule has 2 aromatic heterocycles. The molecule has 0 saturated carbocycles. The van der Waals surface area contributed by atoms with Gasteiger partial charge in [0, 0.05) is 25.2 Å². The third kappa shape index (κ3) is 3.35. The second-order valence-electron chi connectivity index (χ2n) is 7.66. The maximum Gasteiger partial charge on any atom is 0.219 e. The summed E-state index contributed by atoms with van der Waals surface area (Å²) in [6.07, 6.45) is 4.64. The van der Waals surface area contributed by atoms with E-state index in [1.807, 2.05) is 23.1 Å². The van der Waals surface area contributed by atoms with Crippen LogP contribution in [0, 0.1) is 0 Å². The summed E-state index contributed by atoms with van der Waals surface area (Å²) in [5.41, 5.74) is 5.52. The van der Waals surface area contributed by atoms with Crippen molar-refractivity contribution in [1.29, 1.82) is 0 Å². The van der Waals surface area contributed by atoms with Gasteiger partial charge in [0.1, 0.15) is 11.5 Å². The summed E-state index contributed by atoms with van der Waals surface area (Å²) in [7, 11) is 0. The molecule has 0 unspecified atom stereocenters. The van der Waals surface area contributed by atoms with E-state index >= 15 is 0 Å². The molecule has 6 nitrogen and oxygen atoms in total. The number of aryl methyl sites for hydroxylation is 1. The molecule has 3 heterocycles. The number of fused-ring (bicyclic) bond motifs is 2. The van der Waals surface area contributed by atoms with Crippen molar-refractivity contribution < 1.29 is 4.79 Å². The zero-order chi connectivity index (χ0) is 19.8. The molecule has 0 radical (unpaired) electrons. The summed E-state index contributed by atoms with van der Waals surface area (Å²) in [5.74, 6) is 1.55. The number of amides is 1. The van der Waals surface area contributed by atoms with Crippen LogP contribution in [-0.2, 0) is 24.2 Å². The lowest BCUT2D eigenvalue weighted by atomic mass is 10.0. The maximum absolute atomic E-state index is 11.9. The number of nitrogens with zero attached hydrogens (tertiary/aromatic N) is 4. The number of benzene rings is 1. The third-order valence-electron chi connectivity index (χ3n) is 5.85. The van der Waals surface area contributed by atoms with Gasteiger partial charge in [-0.05, 0) is 42.5 Å². The number of anilines is 1. The van der Waals surface area contributed by atoms with Crippen molar-refractivity contribution in [3.8, 4) is 11.5 Å². The summed E-state index contributed by atoms with van der Waals surface area (Å²) in [6, 6.07) is 14.6. The molecular weight excluding hydrogens is 362 g/mol. The Morgan fingerprint density at radius 1 is 1.10 bits per heavy atom. The summed E-state index contributed by atoms with van der Waals surface area (Å²) in [5, 5.41) is 3.70. The second kappa shape index (κ2) is 7.28. The van der Waals surface area contributed by atoms with Crippen LogP contribution in [0.15, 0.2) is 48.7 Å². The number of pyridine rings is 1. The lowest BCUT2D eigenvalue weighted by Gasteiger charge is -2.29. The van der Waals surface area contributed by atoms with Gasteiger partial charge in [-0.3, -0.25) is 9.78 Å². The van der Waals surface area contributed by atoms with E-state index < -0.39 is 0 Å². The molecule has 1 N–H and O–H groups in total. The van der Waals surface area contributed by atoms with Gasteiger partial charge < -0.3 is 10.2 Å². The number of hydrogen-bond donors (Lipinski definition) is 1. The van der Waals surface area contributed by atoms with Crippen LogP contribution in [0.25, 0.3) is 11.5 Å². The van der Waals surface area contributed by atoms with Crippen LogP contribution < -0.4 is 5.32 Å². The molecule has 0 bridgehead atoms. The van der Waals surface area contributed by atoms with Gasteiger partial charge in [-0.25, -0.2) is 9.97 Å². The van der Waals surface area contributed by atoms with Crippen molar-refractivity contribution in [2.24, 2.45) is 0 Å². The molecule has 29 heavy (non-hydrogen) atoms. The molecule has 0 fully saturated rings. The van der Waals surface area contributed by atoms with Crippen LogP contribution >= 0.6 is 0 Å². The van der Waals surface area contributed by atoms with Gasteiger partial charge in [0.15, 0.2) is 5.82 Å². The average molecular weight is 385 g/mol. The maximum atomic E-state index is 11.9. The molecule has 1 amide bonds. The predicted octanol–water partition coefficient (Wildman–Crippen LogP) is 3.54. The molecule has 1 atom stereocenters. The van der Waals surface area contributed by atoms with Crippen molar-refractivity contribution >= 4 is 11.7 Å². The van der Waals surface area contributed by atoms with E-state index in [2.05, 4.69) is 34.6 Å². The Kier molecular flexibility index (Phi) is 4.46. The fourth-order valence-electron chi connectivity index (χ4n) is 4.30. The highest BCUT2D eigenvalue weighted by molar-refractivity contribution is 5.74. The number of hydrogen-bond acceptors (Lipinski definition) is 5. The van der Waals surface area contributed by atoms with E-state index in [0.717, 1.165) is 42.0 Å². The smallest absolute Gasteiger partial charge is 0.219 e. The van der Waals surface area contributed by atoms with Crippen molar-refractivity contribution in [3.05, 3.63) is 71.0 Å². The Balaban J connectivity index is 1.55. The molecule has 5 rings (SSSR count). The topological polar surface area (TPSA) is 71.0 Å². The standard InChI is InChI=1S/C23H23N5O/c1-15(29)28-13-11-18-21(14-28)26-23(20-8-4-5-12-24-20)27-22(18)25-19-10-9-16-6-2-3-7-17(16)19/h2-8,12,19H,9-11,13-14H2,1H3,(H,25,26,27)/t19-/m1/s1. The minimum atomic E-state index is 0.0767. The van der Waals surface area contributed by atoms with E-state index in [0.29, 0.717) is 18.9 Å². The molecule has 0 spiro atoms. The SMILES string of the molecule is CC(=O)N1CCc2c(nc(-c3ccccn3)nc2N[C@@H]2CCc3ccccc32)C1. The second-order valence-corrected chi connectivity index (χ2v) is 7.66. The first-order valence-corrected chi connectivity index (χ1v) is 10.1. The average Bonchev–Trinajstić information content (AvgIpc) is 3.16. The number of aromatic nitrogens is 3. The van der Waals surface area contributed by atoms with Gasteiger partial charge >= 0.3 is 0 Å². The Morgan fingerprint density at radius 3 is 2.79 bits per heavy atom. The normalized spacial score (nSPS) is 17.6.